The van der Waals surface area contributed by atoms with Crippen LogP contribution in [0.2, 0.25) is 0 Å². The van der Waals surface area contributed by atoms with Gasteiger partial charge in [0.2, 0.25) is 5.91 Å². The molecular weight excluding hydrogens is 850 g/mol. The molecule has 2 aromatic heterocycles. The minimum Gasteiger partial charge on any atom is -0.507 e. The van der Waals surface area contributed by atoms with Gasteiger partial charge in [0.1, 0.15) is 11.6 Å². The van der Waals surface area contributed by atoms with E-state index in [4.69, 9.17) is 15.2 Å². The average Bonchev–Trinajstić information content (AvgIpc) is 4.07. The third-order valence-electron chi connectivity index (χ3n) is 16.3. The van der Waals surface area contributed by atoms with Gasteiger partial charge in [-0.25, -0.2) is 9.18 Å². The molecule has 2 saturated carbocycles. The number of rotatable bonds is 9. The number of anilines is 4. The number of nitrogens with one attached hydrogen (secondary N) is 1. The zero-order valence-electron chi connectivity index (χ0n) is 38.0. The Bertz CT molecular complexity index is 2690. The third-order valence-corrected chi connectivity index (χ3v) is 16.3. The van der Waals surface area contributed by atoms with Gasteiger partial charge in [0, 0.05) is 100.0 Å². The molecule has 2 unspecified atom stereocenters. The molecule has 0 radical (unpaired) electrons. The molecule has 5 aliphatic heterocycles. The van der Waals surface area contributed by atoms with Crippen LogP contribution in [0, 0.1) is 23.6 Å². The summed E-state index contributed by atoms with van der Waals surface area (Å²) in [6.45, 7) is 7.85. The van der Waals surface area contributed by atoms with Crippen LogP contribution >= 0.6 is 0 Å². The minimum absolute atomic E-state index is 0.0567. The van der Waals surface area contributed by atoms with Crippen LogP contribution in [-0.2, 0) is 14.3 Å². The first kappa shape index (κ1) is 42.6. The number of nitrogens with two attached hydrogens (primary N) is 1. The molecule has 3 amide bonds. The third kappa shape index (κ3) is 8.05. The van der Waals surface area contributed by atoms with E-state index in [1.165, 1.54) is 24.0 Å². The fourth-order valence-corrected chi connectivity index (χ4v) is 12.5. The van der Waals surface area contributed by atoms with Crippen molar-refractivity contribution < 1.29 is 28.6 Å². The fraction of sp³-hybridized carbons (Fsp3) is 0.500. The Hall–Kier alpha value is -5.77. The summed E-state index contributed by atoms with van der Waals surface area (Å²) in [7, 11) is 0. The highest BCUT2D eigenvalue weighted by atomic mass is 19.1. The second-order valence-electron chi connectivity index (χ2n) is 20.4. The molecule has 7 fully saturated rings. The highest BCUT2D eigenvalue weighted by Crippen LogP contribution is 2.51. The quantitative estimate of drug-likeness (QED) is 0.133. The van der Waals surface area contributed by atoms with Crippen molar-refractivity contribution in [2.75, 3.05) is 86.0 Å². The van der Waals surface area contributed by atoms with Crippen molar-refractivity contribution in [1.29, 1.82) is 0 Å². The lowest BCUT2D eigenvalue weighted by atomic mass is 9.79. The van der Waals surface area contributed by atoms with Gasteiger partial charge in [0.05, 0.1) is 36.3 Å². The number of aromatic nitrogens is 3. The zero-order chi connectivity index (χ0) is 45.4. The summed E-state index contributed by atoms with van der Waals surface area (Å²) in [5.41, 5.74) is 13.7. The summed E-state index contributed by atoms with van der Waals surface area (Å²) in [5, 5.41) is 22.7. The van der Waals surface area contributed by atoms with E-state index < -0.39 is 5.79 Å². The van der Waals surface area contributed by atoms with Crippen molar-refractivity contribution in [3.05, 3.63) is 89.9 Å². The first-order valence-electron chi connectivity index (χ1n) is 24.6. The van der Waals surface area contributed by atoms with Gasteiger partial charge in [-0.15, -0.1) is 10.2 Å². The number of ether oxygens (including phenoxy) is 2. The van der Waals surface area contributed by atoms with Gasteiger partial charge < -0.3 is 39.6 Å². The van der Waals surface area contributed by atoms with Crippen LogP contribution in [0.5, 0.6) is 5.75 Å². The number of nitrogen functional groups attached to an aromatic ring is 1. The van der Waals surface area contributed by atoms with Gasteiger partial charge in [-0.1, -0.05) is 18.2 Å². The van der Waals surface area contributed by atoms with E-state index in [9.17, 15) is 14.7 Å². The van der Waals surface area contributed by atoms with Gasteiger partial charge >= 0.3 is 6.03 Å². The molecule has 7 aliphatic rings. The maximum Gasteiger partial charge on any atom is 0.328 e. The molecule has 5 aromatic rings. The second kappa shape index (κ2) is 17.1. The van der Waals surface area contributed by atoms with Gasteiger partial charge in [0.15, 0.2) is 11.6 Å². The number of imide groups is 1. The van der Waals surface area contributed by atoms with Gasteiger partial charge in [-0.05, 0) is 128 Å². The van der Waals surface area contributed by atoms with Gasteiger partial charge in [-0.2, -0.15) is 0 Å². The Labute approximate surface area is 390 Å². The summed E-state index contributed by atoms with van der Waals surface area (Å²) >= 11 is 0. The Kier molecular flexibility index (Phi) is 10.9. The molecule has 350 valence electrons. The number of benzene rings is 3. The second-order valence-corrected chi connectivity index (χ2v) is 20.4. The molecular formula is C52H60FN9O5. The topological polar surface area (TPSA) is 155 Å². The minimum atomic E-state index is -0.552. The number of amides is 3. The maximum absolute atomic E-state index is 15.7. The number of carbonyl (C=O) groups is 2. The van der Waals surface area contributed by atoms with E-state index in [-0.39, 0.29) is 29.5 Å². The number of phenols is 1. The van der Waals surface area contributed by atoms with Crippen LogP contribution in [0.4, 0.5) is 32.1 Å². The van der Waals surface area contributed by atoms with Crippen molar-refractivity contribution in [3.63, 3.8) is 0 Å². The number of phenolic OH excluding ortho intramolecular Hbond substituents is 1. The lowest BCUT2D eigenvalue weighted by Gasteiger charge is -2.46. The SMILES string of the molecule is Nc1nnc(-c2ccccc2O)cc1N1CC2CCC(C1)C2c1ccc(F)c(N2CCC(CN3CCC4(CC3)OCC(n3cc(C5CC5)c5cc(N6CCC(=O)NC6=O)ccc53)CO4)CC2)c1. The molecule has 15 heteroatoms. The lowest BCUT2D eigenvalue weighted by molar-refractivity contribution is -0.295. The Balaban J connectivity index is 0.638. The van der Waals surface area contributed by atoms with Crippen molar-refractivity contribution in [2.24, 2.45) is 17.8 Å². The van der Waals surface area contributed by atoms with E-state index in [1.54, 1.807) is 23.1 Å². The lowest BCUT2D eigenvalue weighted by Crippen LogP contribution is -2.53. The predicted octanol–water partition coefficient (Wildman–Crippen LogP) is 7.78. The van der Waals surface area contributed by atoms with E-state index in [0.29, 0.717) is 72.8 Å². The van der Waals surface area contributed by atoms with Crippen molar-refractivity contribution in [3.8, 4) is 17.0 Å². The number of fused-ring (bicyclic) bond motifs is 3. The zero-order valence-corrected chi connectivity index (χ0v) is 38.0. The number of aromatic hydroxyl groups is 1. The Morgan fingerprint density at radius 1 is 0.821 bits per heavy atom. The van der Waals surface area contributed by atoms with Crippen molar-refractivity contribution in [2.45, 2.75) is 81.5 Å². The molecule has 2 bridgehead atoms. The molecule has 2 aliphatic carbocycles. The van der Waals surface area contributed by atoms with Gasteiger partial charge in [-0.3, -0.25) is 15.0 Å². The number of piperidine rings is 3. The van der Waals surface area contributed by atoms with E-state index in [0.717, 1.165) is 112 Å². The van der Waals surface area contributed by atoms with Crippen LogP contribution < -0.4 is 25.8 Å². The highest BCUT2D eigenvalue weighted by Gasteiger charge is 2.45. The monoisotopic (exact) mass is 909 g/mol. The molecule has 2 atom stereocenters. The summed E-state index contributed by atoms with van der Waals surface area (Å²) in [6, 6.07) is 20.9. The van der Waals surface area contributed by atoms with E-state index in [2.05, 4.69) is 59.2 Å². The smallest absolute Gasteiger partial charge is 0.328 e. The molecule has 3 aromatic carbocycles. The summed E-state index contributed by atoms with van der Waals surface area (Å²) in [6.07, 6.45) is 10.9. The van der Waals surface area contributed by atoms with Crippen LogP contribution in [0.3, 0.4) is 0 Å². The molecule has 12 rings (SSSR count). The predicted molar refractivity (Wildman–Crippen MR) is 255 cm³/mol. The highest BCUT2D eigenvalue weighted by molar-refractivity contribution is 6.06. The summed E-state index contributed by atoms with van der Waals surface area (Å²) in [5.74, 6) is 1.92. The van der Waals surface area contributed by atoms with Crippen LogP contribution in [0.25, 0.3) is 22.2 Å². The van der Waals surface area contributed by atoms with Gasteiger partial charge in [0.25, 0.3) is 0 Å². The first-order chi connectivity index (χ1) is 32.6. The summed E-state index contributed by atoms with van der Waals surface area (Å²) < 4.78 is 31.3. The number of hydrogen-bond donors (Lipinski definition) is 3. The molecule has 7 heterocycles. The van der Waals surface area contributed by atoms with Crippen LogP contribution in [0.1, 0.15) is 86.8 Å². The van der Waals surface area contributed by atoms with Crippen molar-refractivity contribution >= 4 is 45.7 Å². The largest absolute Gasteiger partial charge is 0.507 e. The number of urea groups is 1. The number of hydrogen-bond acceptors (Lipinski definition) is 11. The normalized spacial score (nSPS) is 25.1. The number of halogens is 1. The molecule has 67 heavy (non-hydrogen) atoms. The molecule has 4 N–H and O–H groups in total. The average molecular weight is 910 g/mol. The number of nitrogens with zero attached hydrogens (tertiary/aromatic N) is 7. The fourth-order valence-electron chi connectivity index (χ4n) is 12.5. The Morgan fingerprint density at radius 2 is 1.58 bits per heavy atom. The summed E-state index contributed by atoms with van der Waals surface area (Å²) in [4.78, 5) is 33.3. The van der Waals surface area contributed by atoms with Crippen molar-refractivity contribution in [1.82, 2.24) is 25.0 Å². The number of likely N-dealkylation sites (tertiary alicyclic amines) is 1. The van der Waals surface area contributed by atoms with Crippen LogP contribution in [-0.4, -0.2) is 108 Å². The first-order valence-corrected chi connectivity index (χ1v) is 24.6. The molecule has 5 saturated heterocycles. The van der Waals surface area contributed by atoms with E-state index in [1.807, 2.05) is 30.3 Å². The number of carbonyl (C=O) groups excluding carboxylic acids is 2. The van der Waals surface area contributed by atoms with Crippen LogP contribution in [0.15, 0.2) is 72.9 Å². The number of para-hydroxylation sites is 1. The standard InChI is InChI=1S/C52H60FN9O5/c53-42-11-9-34(49-35-7-8-36(49)28-60(27-35)46-25-43(56-57-50(46)54)39-3-1-2-4-47(39)63)23-45(42)59-18-13-32(14-19-59)26-58-21-16-52(17-22-58)66-30-38(31-67-52)62-29-41(33-5-6-33)40-24-37(10-12-44(40)62)61-20-15-48(64)55-51(61)65/h1-4,9-12,23-25,29,32-33,35-36,38,49,63H,5-8,13-22,26-28,30-31H2,(H2,54,57)(H,55,64,65). The Morgan fingerprint density at radius 3 is 2.31 bits per heavy atom. The molecule has 14 nitrogen and oxygen atoms in total. The maximum atomic E-state index is 15.7. The molecule has 1 spiro atoms. The van der Waals surface area contributed by atoms with E-state index >= 15 is 4.39 Å².